The fourth-order valence-corrected chi connectivity index (χ4v) is 3.04. The molecule has 0 bridgehead atoms. The Kier molecular flexibility index (Phi) is 4.74. The van der Waals surface area contributed by atoms with Crippen LogP contribution in [0.1, 0.15) is 51.3 Å². The standard InChI is InChI=1S/C20H20O5/c1-4-12-5-7-13(8-6-12)15(21)11-17-14-9-10-16(23-2)19(24-3)18(14)20(22)25-17/h5-10,17H,4,11H2,1-3H3/t17-/m0/s1. The number of hydrogen-bond acceptors (Lipinski definition) is 5. The van der Waals surface area contributed by atoms with Crippen LogP contribution in [0.25, 0.3) is 0 Å². The number of ether oxygens (including phenoxy) is 3. The molecule has 2 aromatic carbocycles. The molecule has 25 heavy (non-hydrogen) atoms. The minimum Gasteiger partial charge on any atom is -0.493 e. The zero-order valence-corrected chi connectivity index (χ0v) is 14.5. The van der Waals surface area contributed by atoms with Gasteiger partial charge in [0.25, 0.3) is 0 Å². The Morgan fingerprint density at radius 2 is 1.80 bits per heavy atom. The van der Waals surface area contributed by atoms with E-state index in [1.807, 2.05) is 24.3 Å². The second kappa shape index (κ2) is 6.97. The fraction of sp³-hybridized carbons (Fsp3) is 0.300. The van der Waals surface area contributed by atoms with Crippen LogP contribution in [0.15, 0.2) is 36.4 Å². The van der Waals surface area contributed by atoms with Crippen molar-refractivity contribution < 1.29 is 23.8 Å². The number of ketones is 1. The Morgan fingerprint density at radius 1 is 1.08 bits per heavy atom. The van der Waals surface area contributed by atoms with Gasteiger partial charge in [-0.2, -0.15) is 0 Å². The summed E-state index contributed by atoms with van der Waals surface area (Å²) >= 11 is 0. The van der Waals surface area contributed by atoms with Crippen LogP contribution in [0.4, 0.5) is 0 Å². The Hall–Kier alpha value is -2.82. The first kappa shape index (κ1) is 17.0. The number of aryl methyl sites for hydroxylation is 1. The van der Waals surface area contributed by atoms with Crippen molar-refractivity contribution in [3.05, 3.63) is 58.7 Å². The van der Waals surface area contributed by atoms with Crippen LogP contribution in [0, 0.1) is 0 Å². The number of carbonyl (C=O) groups excluding carboxylic acids is 2. The van der Waals surface area contributed by atoms with Crippen molar-refractivity contribution in [2.75, 3.05) is 14.2 Å². The van der Waals surface area contributed by atoms with E-state index < -0.39 is 12.1 Å². The lowest BCUT2D eigenvalue weighted by atomic mass is 9.97. The molecule has 2 aromatic rings. The minimum atomic E-state index is -0.611. The van der Waals surface area contributed by atoms with Crippen molar-refractivity contribution in [3.8, 4) is 11.5 Å². The highest BCUT2D eigenvalue weighted by molar-refractivity contribution is 6.00. The highest BCUT2D eigenvalue weighted by Crippen LogP contribution is 2.43. The van der Waals surface area contributed by atoms with Gasteiger partial charge in [-0.3, -0.25) is 4.79 Å². The maximum Gasteiger partial charge on any atom is 0.343 e. The number of carbonyl (C=O) groups is 2. The molecule has 0 radical (unpaired) electrons. The topological polar surface area (TPSA) is 61.8 Å². The van der Waals surface area contributed by atoms with Gasteiger partial charge in [-0.15, -0.1) is 0 Å². The van der Waals surface area contributed by atoms with E-state index >= 15 is 0 Å². The fourth-order valence-electron chi connectivity index (χ4n) is 3.04. The first-order chi connectivity index (χ1) is 12.1. The van der Waals surface area contributed by atoms with Gasteiger partial charge in [-0.05, 0) is 18.1 Å². The molecule has 0 aliphatic carbocycles. The van der Waals surface area contributed by atoms with Gasteiger partial charge in [0.15, 0.2) is 17.3 Å². The quantitative estimate of drug-likeness (QED) is 0.592. The minimum absolute atomic E-state index is 0.0666. The first-order valence-electron chi connectivity index (χ1n) is 8.17. The summed E-state index contributed by atoms with van der Waals surface area (Å²) in [5, 5.41) is 0. The van der Waals surface area contributed by atoms with Gasteiger partial charge < -0.3 is 14.2 Å². The van der Waals surface area contributed by atoms with Crippen molar-refractivity contribution in [1.82, 2.24) is 0 Å². The van der Waals surface area contributed by atoms with Crippen LogP contribution in [0.2, 0.25) is 0 Å². The maximum atomic E-state index is 12.5. The third kappa shape index (κ3) is 3.09. The van der Waals surface area contributed by atoms with Crippen molar-refractivity contribution >= 4 is 11.8 Å². The number of hydrogen-bond donors (Lipinski definition) is 0. The maximum absolute atomic E-state index is 12.5. The molecule has 0 spiro atoms. The number of esters is 1. The Bertz CT molecular complexity index is 808. The molecule has 1 aliphatic rings. The van der Waals surface area contributed by atoms with E-state index in [-0.39, 0.29) is 12.2 Å². The summed E-state index contributed by atoms with van der Waals surface area (Å²) in [4.78, 5) is 24.8. The average molecular weight is 340 g/mol. The van der Waals surface area contributed by atoms with Crippen molar-refractivity contribution in [2.24, 2.45) is 0 Å². The zero-order chi connectivity index (χ0) is 18.0. The number of methoxy groups -OCH3 is 2. The van der Waals surface area contributed by atoms with E-state index in [1.54, 1.807) is 12.1 Å². The second-order valence-electron chi connectivity index (χ2n) is 5.84. The number of fused-ring (bicyclic) bond motifs is 1. The van der Waals surface area contributed by atoms with E-state index in [4.69, 9.17) is 14.2 Å². The normalized spacial score (nSPS) is 15.5. The molecule has 5 nitrogen and oxygen atoms in total. The number of cyclic esters (lactones) is 1. The number of rotatable bonds is 6. The van der Waals surface area contributed by atoms with Gasteiger partial charge in [0.05, 0.1) is 20.6 Å². The van der Waals surface area contributed by atoms with Crippen molar-refractivity contribution in [1.29, 1.82) is 0 Å². The van der Waals surface area contributed by atoms with Crippen LogP contribution < -0.4 is 9.47 Å². The lowest BCUT2D eigenvalue weighted by Crippen LogP contribution is -2.07. The molecule has 130 valence electrons. The zero-order valence-electron chi connectivity index (χ0n) is 14.5. The molecule has 0 unspecified atom stereocenters. The molecule has 0 amide bonds. The summed E-state index contributed by atoms with van der Waals surface area (Å²) in [5.41, 5.74) is 2.77. The summed E-state index contributed by atoms with van der Waals surface area (Å²) in [6.07, 6.45) is 0.407. The van der Waals surface area contributed by atoms with Crippen LogP contribution in [0.3, 0.4) is 0 Å². The predicted octanol–water partition coefficient (Wildman–Crippen LogP) is 3.75. The number of benzene rings is 2. The van der Waals surface area contributed by atoms with Gasteiger partial charge in [0.2, 0.25) is 0 Å². The van der Waals surface area contributed by atoms with E-state index in [9.17, 15) is 9.59 Å². The van der Waals surface area contributed by atoms with Crippen LogP contribution >= 0.6 is 0 Å². The molecular formula is C20H20O5. The highest BCUT2D eigenvalue weighted by Gasteiger charge is 2.36. The molecule has 0 N–H and O–H groups in total. The third-order valence-corrected chi connectivity index (χ3v) is 4.43. The lowest BCUT2D eigenvalue weighted by molar-refractivity contribution is 0.0365. The largest absolute Gasteiger partial charge is 0.493 e. The second-order valence-corrected chi connectivity index (χ2v) is 5.84. The average Bonchev–Trinajstić information content (AvgIpc) is 2.96. The molecule has 1 heterocycles. The Labute approximate surface area is 146 Å². The Morgan fingerprint density at radius 3 is 2.40 bits per heavy atom. The summed E-state index contributed by atoms with van der Waals surface area (Å²) in [5.74, 6) is 0.237. The summed E-state index contributed by atoms with van der Waals surface area (Å²) < 4.78 is 15.9. The van der Waals surface area contributed by atoms with E-state index in [0.29, 0.717) is 28.2 Å². The van der Waals surface area contributed by atoms with Crippen LogP contribution in [-0.2, 0) is 11.2 Å². The summed E-state index contributed by atoms with van der Waals surface area (Å²) in [7, 11) is 2.98. The molecular weight excluding hydrogens is 320 g/mol. The summed E-state index contributed by atoms with van der Waals surface area (Å²) in [6, 6.07) is 11.0. The molecule has 0 aromatic heterocycles. The van der Waals surface area contributed by atoms with Gasteiger partial charge in [0.1, 0.15) is 11.7 Å². The van der Waals surface area contributed by atoms with E-state index in [2.05, 4.69) is 6.92 Å². The monoisotopic (exact) mass is 340 g/mol. The first-order valence-corrected chi connectivity index (χ1v) is 8.17. The van der Waals surface area contributed by atoms with Gasteiger partial charge in [-0.25, -0.2) is 4.79 Å². The third-order valence-electron chi connectivity index (χ3n) is 4.43. The van der Waals surface area contributed by atoms with E-state index in [1.165, 1.54) is 19.8 Å². The van der Waals surface area contributed by atoms with Crippen LogP contribution in [-0.4, -0.2) is 26.0 Å². The summed E-state index contributed by atoms with van der Waals surface area (Å²) in [6.45, 7) is 2.06. The molecule has 0 fully saturated rings. The molecule has 0 saturated heterocycles. The highest BCUT2D eigenvalue weighted by atomic mass is 16.6. The molecule has 0 saturated carbocycles. The van der Waals surface area contributed by atoms with Crippen molar-refractivity contribution in [3.63, 3.8) is 0 Å². The SMILES string of the molecule is CCc1ccc(C(=O)C[C@@H]2OC(=O)c3c2ccc(OC)c3OC)cc1. The predicted molar refractivity (Wildman–Crippen MR) is 92.5 cm³/mol. The molecule has 1 atom stereocenters. The Balaban J connectivity index is 1.86. The van der Waals surface area contributed by atoms with E-state index in [0.717, 1.165) is 6.42 Å². The van der Waals surface area contributed by atoms with Gasteiger partial charge in [-0.1, -0.05) is 37.3 Å². The lowest BCUT2D eigenvalue weighted by Gasteiger charge is -2.12. The molecule has 3 rings (SSSR count). The number of Topliss-reactive ketones (excluding diaryl/α,β-unsaturated/α-hetero) is 1. The van der Waals surface area contributed by atoms with Gasteiger partial charge in [0, 0.05) is 11.1 Å². The van der Waals surface area contributed by atoms with Crippen molar-refractivity contribution in [2.45, 2.75) is 25.9 Å². The molecule has 1 aliphatic heterocycles. The van der Waals surface area contributed by atoms with Crippen LogP contribution in [0.5, 0.6) is 11.5 Å². The smallest absolute Gasteiger partial charge is 0.343 e. The van der Waals surface area contributed by atoms with Gasteiger partial charge >= 0.3 is 5.97 Å². The molecule has 5 heteroatoms.